The summed E-state index contributed by atoms with van der Waals surface area (Å²) in [6.45, 7) is 1.99. The molecule has 2 aromatic rings. The van der Waals surface area contributed by atoms with Crippen LogP contribution in [-0.2, 0) is 13.0 Å². The predicted molar refractivity (Wildman–Crippen MR) is 86.5 cm³/mol. The molecule has 0 amide bonds. The molecule has 3 heteroatoms. The van der Waals surface area contributed by atoms with Crippen molar-refractivity contribution in [2.45, 2.75) is 19.4 Å². The highest BCUT2D eigenvalue weighted by atomic mass is 79.9. The van der Waals surface area contributed by atoms with Gasteiger partial charge in [-0.05, 0) is 42.7 Å². The van der Waals surface area contributed by atoms with Gasteiger partial charge >= 0.3 is 0 Å². The fraction of sp³-hybridized carbons (Fsp3) is 0.294. The van der Waals surface area contributed by atoms with E-state index in [2.05, 4.69) is 51.2 Å². The van der Waals surface area contributed by atoms with Gasteiger partial charge in [0.05, 0.1) is 7.11 Å². The Morgan fingerprint density at radius 1 is 1.20 bits per heavy atom. The van der Waals surface area contributed by atoms with Crippen LogP contribution in [0, 0.1) is 0 Å². The molecule has 104 valence electrons. The highest BCUT2D eigenvalue weighted by Gasteiger charge is 2.17. The van der Waals surface area contributed by atoms with Crippen LogP contribution in [0.25, 0.3) is 0 Å². The summed E-state index contributed by atoms with van der Waals surface area (Å²) < 4.78 is 6.58. The topological polar surface area (TPSA) is 12.5 Å². The van der Waals surface area contributed by atoms with Gasteiger partial charge in [0, 0.05) is 28.8 Å². The third-order valence-corrected chi connectivity index (χ3v) is 4.30. The summed E-state index contributed by atoms with van der Waals surface area (Å²) in [7, 11) is 1.73. The normalized spacial score (nSPS) is 14.0. The van der Waals surface area contributed by atoms with Gasteiger partial charge in [0.2, 0.25) is 0 Å². The van der Waals surface area contributed by atoms with E-state index in [1.807, 2.05) is 12.1 Å². The van der Waals surface area contributed by atoms with E-state index in [1.165, 1.54) is 29.7 Å². The average molecular weight is 332 g/mol. The summed E-state index contributed by atoms with van der Waals surface area (Å²) in [4.78, 5) is 2.45. The van der Waals surface area contributed by atoms with Crippen molar-refractivity contribution in [3.63, 3.8) is 0 Å². The maximum Gasteiger partial charge on any atom is 0.123 e. The van der Waals surface area contributed by atoms with Crippen molar-refractivity contribution in [3.05, 3.63) is 58.1 Å². The van der Waals surface area contributed by atoms with E-state index in [4.69, 9.17) is 4.74 Å². The summed E-state index contributed by atoms with van der Waals surface area (Å²) in [6.07, 6.45) is 2.40. The Labute approximate surface area is 128 Å². The minimum absolute atomic E-state index is 0.889. The van der Waals surface area contributed by atoms with Crippen LogP contribution in [0.15, 0.2) is 46.9 Å². The molecule has 0 atom stereocenters. The second-order valence-electron chi connectivity index (χ2n) is 5.11. The largest absolute Gasteiger partial charge is 0.496 e. The molecule has 0 aliphatic carbocycles. The molecular weight excluding hydrogens is 314 g/mol. The fourth-order valence-electron chi connectivity index (χ4n) is 2.85. The Morgan fingerprint density at radius 3 is 2.90 bits per heavy atom. The first-order chi connectivity index (χ1) is 9.78. The van der Waals surface area contributed by atoms with Crippen molar-refractivity contribution in [2.75, 3.05) is 18.6 Å². The zero-order chi connectivity index (χ0) is 13.9. The molecule has 20 heavy (non-hydrogen) atoms. The lowest BCUT2D eigenvalue weighted by Gasteiger charge is -2.31. The quantitative estimate of drug-likeness (QED) is 0.825. The minimum Gasteiger partial charge on any atom is -0.496 e. The van der Waals surface area contributed by atoms with Crippen molar-refractivity contribution < 1.29 is 4.74 Å². The van der Waals surface area contributed by atoms with Crippen molar-refractivity contribution >= 4 is 21.6 Å². The van der Waals surface area contributed by atoms with Crippen LogP contribution in [0.4, 0.5) is 5.69 Å². The Balaban J connectivity index is 1.91. The maximum absolute atomic E-state index is 5.48. The Morgan fingerprint density at radius 2 is 2.05 bits per heavy atom. The SMILES string of the molecule is COc1ccc(Br)cc1CN1CCCc2ccccc21. The third kappa shape index (κ3) is 2.68. The number of hydrogen-bond donors (Lipinski definition) is 0. The summed E-state index contributed by atoms with van der Waals surface area (Å²) >= 11 is 3.55. The number of rotatable bonds is 3. The molecule has 1 aliphatic rings. The van der Waals surface area contributed by atoms with Crippen molar-refractivity contribution in [2.24, 2.45) is 0 Å². The Hall–Kier alpha value is -1.48. The molecule has 0 radical (unpaired) electrons. The van der Waals surface area contributed by atoms with Gasteiger partial charge in [0.25, 0.3) is 0 Å². The molecule has 0 aromatic heterocycles. The Kier molecular flexibility index (Phi) is 3.97. The van der Waals surface area contributed by atoms with Crippen LogP contribution >= 0.6 is 15.9 Å². The van der Waals surface area contributed by atoms with Gasteiger partial charge in [-0.15, -0.1) is 0 Å². The maximum atomic E-state index is 5.48. The highest BCUT2D eigenvalue weighted by molar-refractivity contribution is 9.10. The minimum atomic E-state index is 0.889. The van der Waals surface area contributed by atoms with E-state index < -0.39 is 0 Å². The lowest BCUT2D eigenvalue weighted by Crippen LogP contribution is -2.28. The van der Waals surface area contributed by atoms with Gasteiger partial charge in [-0.25, -0.2) is 0 Å². The first kappa shape index (κ1) is 13.5. The molecule has 3 rings (SSSR count). The average Bonchev–Trinajstić information content (AvgIpc) is 2.48. The number of benzene rings is 2. The van der Waals surface area contributed by atoms with Gasteiger partial charge in [0.1, 0.15) is 5.75 Å². The second kappa shape index (κ2) is 5.88. The van der Waals surface area contributed by atoms with Gasteiger partial charge in [0.15, 0.2) is 0 Å². The van der Waals surface area contributed by atoms with E-state index >= 15 is 0 Å². The van der Waals surface area contributed by atoms with E-state index in [0.717, 1.165) is 23.3 Å². The van der Waals surface area contributed by atoms with E-state index in [0.29, 0.717) is 0 Å². The van der Waals surface area contributed by atoms with Gasteiger partial charge in [-0.3, -0.25) is 0 Å². The number of ether oxygens (including phenoxy) is 1. The molecule has 0 saturated heterocycles. The number of methoxy groups -OCH3 is 1. The number of anilines is 1. The van der Waals surface area contributed by atoms with Crippen LogP contribution in [-0.4, -0.2) is 13.7 Å². The molecule has 1 heterocycles. The zero-order valence-corrected chi connectivity index (χ0v) is 13.2. The van der Waals surface area contributed by atoms with E-state index in [-0.39, 0.29) is 0 Å². The molecule has 2 nitrogen and oxygen atoms in total. The summed E-state index contributed by atoms with van der Waals surface area (Å²) in [5.74, 6) is 0.955. The monoisotopic (exact) mass is 331 g/mol. The van der Waals surface area contributed by atoms with Crippen LogP contribution in [0.2, 0.25) is 0 Å². The van der Waals surface area contributed by atoms with Gasteiger partial charge in [-0.2, -0.15) is 0 Å². The van der Waals surface area contributed by atoms with E-state index in [1.54, 1.807) is 7.11 Å². The predicted octanol–water partition coefficient (Wildman–Crippen LogP) is 4.41. The van der Waals surface area contributed by atoms with Crippen molar-refractivity contribution in [3.8, 4) is 5.75 Å². The number of hydrogen-bond acceptors (Lipinski definition) is 2. The highest BCUT2D eigenvalue weighted by Crippen LogP contribution is 2.31. The molecular formula is C17H18BrNO. The molecule has 0 unspecified atom stereocenters. The van der Waals surface area contributed by atoms with Crippen LogP contribution in [0.5, 0.6) is 5.75 Å². The molecule has 0 saturated carbocycles. The molecule has 0 bridgehead atoms. The molecule has 2 aromatic carbocycles. The summed E-state index contributed by atoms with van der Waals surface area (Å²) in [5.41, 5.74) is 4.03. The van der Waals surface area contributed by atoms with Crippen molar-refractivity contribution in [1.29, 1.82) is 0 Å². The Bertz CT molecular complexity index is 612. The first-order valence-electron chi connectivity index (χ1n) is 6.93. The van der Waals surface area contributed by atoms with E-state index in [9.17, 15) is 0 Å². The summed E-state index contributed by atoms with van der Waals surface area (Å²) in [5, 5.41) is 0. The number of nitrogens with zero attached hydrogens (tertiary/aromatic N) is 1. The van der Waals surface area contributed by atoms with Gasteiger partial charge < -0.3 is 9.64 Å². The van der Waals surface area contributed by atoms with Crippen LogP contribution in [0.3, 0.4) is 0 Å². The smallest absolute Gasteiger partial charge is 0.123 e. The lowest BCUT2D eigenvalue weighted by atomic mass is 10.0. The molecule has 1 aliphatic heterocycles. The number of aryl methyl sites for hydroxylation is 1. The second-order valence-corrected chi connectivity index (χ2v) is 6.03. The lowest BCUT2D eigenvalue weighted by molar-refractivity contribution is 0.409. The molecule has 0 fully saturated rings. The molecule has 0 spiro atoms. The van der Waals surface area contributed by atoms with Crippen LogP contribution < -0.4 is 9.64 Å². The van der Waals surface area contributed by atoms with Crippen molar-refractivity contribution in [1.82, 2.24) is 0 Å². The number of fused-ring (bicyclic) bond motifs is 1. The number of para-hydroxylation sites is 1. The zero-order valence-electron chi connectivity index (χ0n) is 11.6. The first-order valence-corrected chi connectivity index (χ1v) is 7.72. The van der Waals surface area contributed by atoms with Gasteiger partial charge in [-0.1, -0.05) is 34.1 Å². The number of halogens is 1. The molecule has 0 N–H and O–H groups in total. The van der Waals surface area contributed by atoms with Crippen LogP contribution in [0.1, 0.15) is 17.5 Å². The fourth-order valence-corrected chi connectivity index (χ4v) is 3.26. The third-order valence-electron chi connectivity index (χ3n) is 3.81. The summed E-state index contributed by atoms with van der Waals surface area (Å²) in [6, 6.07) is 14.9. The standard InChI is InChI=1S/C17H18BrNO/c1-20-17-9-8-15(18)11-14(17)12-19-10-4-6-13-5-2-3-7-16(13)19/h2-3,5,7-9,11H,4,6,10,12H2,1H3.